The van der Waals surface area contributed by atoms with Gasteiger partial charge < -0.3 is 39.4 Å². The van der Waals surface area contributed by atoms with Gasteiger partial charge in [-0.3, -0.25) is 4.79 Å². The molecule has 0 aromatic heterocycles. The zero-order chi connectivity index (χ0) is 24.2. The van der Waals surface area contributed by atoms with E-state index in [9.17, 15) is 30.0 Å². The van der Waals surface area contributed by atoms with Crippen LogP contribution in [0.3, 0.4) is 0 Å². The molecule has 184 valence electrons. The summed E-state index contributed by atoms with van der Waals surface area (Å²) in [5.41, 5.74) is 0.181. The highest BCUT2D eigenvalue weighted by Crippen LogP contribution is 2.54. The van der Waals surface area contributed by atoms with E-state index < -0.39 is 78.9 Å². The Morgan fingerprint density at radius 1 is 1.27 bits per heavy atom. The molecule has 0 radical (unpaired) electrons. The second kappa shape index (κ2) is 8.75. The third-order valence-electron chi connectivity index (χ3n) is 7.61. The summed E-state index contributed by atoms with van der Waals surface area (Å²) in [6.45, 7) is 8.34. The standard InChI is InChI=1S/C23H32O10/c1-9-7-13-15(10(2)21(29)31-13)20(30-11(3)25)16-12(9)5-6-23(16,4)33-22-19(28)18(27)17(26)14(8-24)32-22/h7,12-20,22,24,26-28H,2,5-6,8H2,1,3-4H3/t12-,13-,14+,15+,16-,17+,18-,19+,20-,22-,23+/m0/s1. The van der Waals surface area contributed by atoms with Crippen molar-refractivity contribution in [3.8, 4) is 0 Å². The molecule has 2 aliphatic heterocycles. The van der Waals surface area contributed by atoms with Gasteiger partial charge in [-0.15, -0.1) is 0 Å². The van der Waals surface area contributed by atoms with E-state index in [-0.39, 0.29) is 11.5 Å². The van der Waals surface area contributed by atoms with E-state index in [0.717, 1.165) is 5.57 Å². The maximum absolute atomic E-state index is 12.3. The molecule has 0 unspecified atom stereocenters. The monoisotopic (exact) mass is 468 g/mol. The molecule has 10 nitrogen and oxygen atoms in total. The van der Waals surface area contributed by atoms with Crippen LogP contribution in [0.15, 0.2) is 23.8 Å². The molecule has 0 spiro atoms. The van der Waals surface area contributed by atoms with Crippen molar-refractivity contribution in [1.82, 2.24) is 0 Å². The molecular weight excluding hydrogens is 436 g/mol. The predicted molar refractivity (Wildman–Crippen MR) is 111 cm³/mol. The number of aliphatic hydroxyl groups is 4. The molecule has 10 heteroatoms. The lowest BCUT2D eigenvalue weighted by Crippen LogP contribution is -2.61. The molecular formula is C23H32O10. The van der Waals surface area contributed by atoms with E-state index >= 15 is 0 Å². The fourth-order valence-corrected chi connectivity index (χ4v) is 5.94. The number of rotatable bonds is 4. The van der Waals surface area contributed by atoms with Crippen LogP contribution in [0.2, 0.25) is 0 Å². The molecule has 33 heavy (non-hydrogen) atoms. The summed E-state index contributed by atoms with van der Waals surface area (Å²) in [5, 5.41) is 40.3. The van der Waals surface area contributed by atoms with Gasteiger partial charge in [-0.1, -0.05) is 12.2 Å². The van der Waals surface area contributed by atoms with Crippen LogP contribution >= 0.6 is 0 Å². The van der Waals surface area contributed by atoms with Crippen molar-refractivity contribution in [3.05, 3.63) is 23.8 Å². The molecule has 0 amide bonds. The first-order valence-corrected chi connectivity index (χ1v) is 11.2. The van der Waals surface area contributed by atoms with Crippen LogP contribution in [0.5, 0.6) is 0 Å². The van der Waals surface area contributed by atoms with Gasteiger partial charge >= 0.3 is 11.9 Å². The SMILES string of the molecule is C=C1C(=O)O[C@H]2C=C(C)[C@@H]3CC[C@@](C)(O[C@@H]4O[C@H](CO)[C@@H](O)[C@H](O)[C@H]4O)[C@@H]3[C@@H](OC(C)=O)[C@H]12. The van der Waals surface area contributed by atoms with Crippen LogP contribution in [0, 0.1) is 17.8 Å². The minimum absolute atomic E-state index is 0.0682. The molecule has 2 aliphatic carbocycles. The molecule has 0 bridgehead atoms. The molecule has 11 atom stereocenters. The first kappa shape index (κ1) is 24.3. The zero-order valence-corrected chi connectivity index (χ0v) is 18.9. The van der Waals surface area contributed by atoms with Gasteiger partial charge in [-0.25, -0.2) is 4.79 Å². The third kappa shape index (κ3) is 4.02. The van der Waals surface area contributed by atoms with E-state index in [1.54, 1.807) is 0 Å². The number of fused-ring (bicyclic) bond motifs is 2. The summed E-state index contributed by atoms with van der Waals surface area (Å²) < 4.78 is 23.1. The van der Waals surface area contributed by atoms with Gasteiger partial charge in [-0.05, 0) is 38.7 Å². The summed E-state index contributed by atoms with van der Waals surface area (Å²) in [5.74, 6) is -2.17. The Morgan fingerprint density at radius 2 is 1.97 bits per heavy atom. The van der Waals surface area contributed by atoms with E-state index in [2.05, 4.69) is 6.58 Å². The number of ether oxygens (including phenoxy) is 4. The lowest BCUT2D eigenvalue weighted by Gasteiger charge is -2.46. The molecule has 2 heterocycles. The lowest BCUT2D eigenvalue weighted by atomic mass is 9.75. The number of allylic oxidation sites excluding steroid dienone is 1. The van der Waals surface area contributed by atoms with Gasteiger partial charge in [0.1, 0.15) is 36.6 Å². The van der Waals surface area contributed by atoms with Crippen LogP contribution < -0.4 is 0 Å². The van der Waals surface area contributed by atoms with Crippen molar-refractivity contribution >= 4 is 11.9 Å². The van der Waals surface area contributed by atoms with Crippen molar-refractivity contribution in [3.63, 3.8) is 0 Å². The number of carbonyl (C=O) groups excluding carboxylic acids is 2. The van der Waals surface area contributed by atoms with Crippen LogP contribution in [0.25, 0.3) is 0 Å². The first-order valence-electron chi connectivity index (χ1n) is 11.2. The number of esters is 2. The van der Waals surface area contributed by atoms with Gasteiger partial charge in [0.15, 0.2) is 6.29 Å². The van der Waals surface area contributed by atoms with E-state index in [4.69, 9.17) is 18.9 Å². The predicted octanol–water partition coefficient (Wildman–Crippen LogP) is -0.423. The summed E-state index contributed by atoms with van der Waals surface area (Å²) in [6.07, 6.45) is -5.43. The highest BCUT2D eigenvalue weighted by atomic mass is 16.7. The molecule has 3 fully saturated rings. The van der Waals surface area contributed by atoms with Crippen molar-refractivity contribution in [2.24, 2.45) is 17.8 Å². The lowest BCUT2D eigenvalue weighted by molar-refractivity contribution is -0.332. The van der Waals surface area contributed by atoms with Gasteiger partial charge in [0.05, 0.1) is 18.1 Å². The average molecular weight is 468 g/mol. The molecule has 0 aromatic carbocycles. The van der Waals surface area contributed by atoms with E-state index in [0.29, 0.717) is 12.8 Å². The Morgan fingerprint density at radius 3 is 2.61 bits per heavy atom. The van der Waals surface area contributed by atoms with Gasteiger partial charge in [0.25, 0.3) is 0 Å². The maximum atomic E-state index is 12.3. The van der Waals surface area contributed by atoms with Crippen LogP contribution in [0.4, 0.5) is 0 Å². The summed E-state index contributed by atoms with van der Waals surface area (Å²) in [4.78, 5) is 24.4. The average Bonchev–Trinajstić information content (AvgIpc) is 3.19. The second-order valence-corrected chi connectivity index (χ2v) is 9.70. The van der Waals surface area contributed by atoms with Crippen LogP contribution in [-0.4, -0.2) is 87.5 Å². The highest BCUT2D eigenvalue weighted by molar-refractivity contribution is 5.91. The number of carbonyl (C=O) groups is 2. The largest absolute Gasteiger partial charge is 0.461 e. The maximum Gasteiger partial charge on any atom is 0.334 e. The van der Waals surface area contributed by atoms with Gasteiger partial charge in [-0.2, -0.15) is 0 Å². The van der Waals surface area contributed by atoms with E-state index in [1.165, 1.54) is 6.92 Å². The summed E-state index contributed by atoms with van der Waals surface area (Å²) >= 11 is 0. The first-order chi connectivity index (χ1) is 15.5. The van der Waals surface area contributed by atoms with Crippen molar-refractivity contribution < 1.29 is 49.0 Å². The fourth-order valence-electron chi connectivity index (χ4n) is 5.94. The fraction of sp³-hybridized carbons (Fsp3) is 0.739. The Hall–Kier alpha value is -1.82. The highest BCUT2D eigenvalue weighted by Gasteiger charge is 2.60. The van der Waals surface area contributed by atoms with Gasteiger partial charge in [0, 0.05) is 18.4 Å². The summed E-state index contributed by atoms with van der Waals surface area (Å²) in [7, 11) is 0. The molecule has 4 N–H and O–H groups in total. The topological polar surface area (TPSA) is 152 Å². The Labute approximate surface area is 191 Å². The number of hydrogen-bond donors (Lipinski definition) is 4. The number of aliphatic hydroxyl groups excluding tert-OH is 4. The molecule has 0 aromatic rings. The second-order valence-electron chi connectivity index (χ2n) is 9.70. The zero-order valence-electron chi connectivity index (χ0n) is 18.9. The van der Waals surface area contributed by atoms with Crippen LogP contribution in [0.1, 0.15) is 33.6 Å². The quantitative estimate of drug-likeness (QED) is 0.243. The molecule has 2 saturated heterocycles. The Balaban J connectivity index is 1.70. The minimum atomic E-state index is -1.58. The van der Waals surface area contributed by atoms with Crippen molar-refractivity contribution in [1.29, 1.82) is 0 Å². The molecule has 4 rings (SSSR count). The minimum Gasteiger partial charge on any atom is -0.461 e. The third-order valence-corrected chi connectivity index (χ3v) is 7.61. The molecule has 4 aliphatic rings. The van der Waals surface area contributed by atoms with Crippen molar-refractivity contribution in [2.45, 2.75) is 82.1 Å². The van der Waals surface area contributed by atoms with Gasteiger partial charge in [0.2, 0.25) is 0 Å². The van der Waals surface area contributed by atoms with Crippen LogP contribution in [-0.2, 0) is 28.5 Å². The van der Waals surface area contributed by atoms with Crippen molar-refractivity contribution in [2.75, 3.05) is 6.61 Å². The number of hydrogen-bond acceptors (Lipinski definition) is 10. The summed E-state index contributed by atoms with van der Waals surface area (Å²) in [6, 6.07) is 0. The van der Waals surface area contributed by atoms with E-state index in [1.807, 2.05) is 19.9 Å². The smallest absolute Gasteiger partial charge is 0.334 e. The Kier molecular flexibility index (Phi) is 6.45. The normalized spacial score (nSPS) is 47.3. The molecule has 1 saturated carbocycles. The Bertz CT molecular complexity index is 852.